The van der Waals surface area contributed by atoms with Crippen LogP contribution in [0.4, 0.5) is 5.69 Å². The number of imide groups is 1. The van der Waals surface area contributed by atoms with Crippen LogP contribution < -0.4 is 4.90 Å². The molecule has 0 radical (unpaired) electrons. The maximum atomic E-state index is 13.3. The number of halogens is 4. The van der Waals surface area contributed by atoms with Crippen molar-refractivity contribution < 1.29 is 23.9 Å². The van der Waals surface area contributed by atoms with E-state index in [9.17, 15) is 24.4 Å². The molecule has 5 rings (SSSR count). The second-order valence-corrected chi connectivity index (χ2v) is 12.2. The molecule has 8 nitrogen and oxygen atoms in total. The predicted molar refractivity (Wildman–Crippen MR) is 169 cm³/mol. The van der Waals surface area contributed by atoms with Crippen molar-refractivity contribution in [2.24, 2.45) is 0 Å². The minimum absolute atomic E-state index is 0.107. The number of esters is 1. The summed E-state index contributed by atoms with van der Waals surface area (Å²) < 4.78 is 5.12. The van der Waals surface area contributed by atoms with Gasteiger partial charge in [0.15, 0.2) is 6.61 Å². The first-order chi connectivity index (χ1) is 21.0. The Morgan fingerprint density at radius 1 is 0.932 bits per heavy atom. The molecule has 220 valence electrons. The molecule has 0 saturated carbocycles. The van der Waals surface area contributed by atoms with E-state index in [1.165, 1.54) is 42.5 Å². The number of Topliss-reactive ketones (excluding diaryl/α,β-unsaturated/α-hetero) is 1. The Kier molecular flexibility index (Phi) is 9.59. The largest absolute Gasteiger partial charge is 0.454 e. The highest BCUT2D eigenvalue weighted by Crippen LogP contribution is 2.36. The van der Waals surface area contributed by atoms with Gasteiger partial charge in [-0.05, 0) is 66.7 Å². The van der Waals surface area contributed by atoms with Crippen molar-refractivity contribution in [3.63, 3.8) is 0 Å². The molecule has 1 unspecified atom stereocenters. The third-order valence-corrected chi connectivity index (χ3v) is 8.96. The lowest BCUT2D eigenvalue weighted by atomic mass is 10.1. The van der Waals surface area contributed by atoms with Gasteiger partial charge in [0.05, 0.1) is 42.8 Å². The first kappa shape index (κ1) is 31.5. The van der Waals surface area contributed by atoms with Crippen LogP contribution in [-0.2, 0) is 14.3 Å². The van der Waals surface area contributed by atoms with E-state index < -0.39 is 35.4 Å². The Morgan fingerprint density at radius 2 is 1.68 bits per heavy atom. The quantitative estimate of drug-likeness (QED) is 0.105. The number of ether oxygens (including phenoxy) is 1. The number of rotatable bonds is 8. The number of amides is 2. The number of aromatic nitrogens is 1. The Labute approximate surface area is 275 Å². The Hall–Kier alpha value is -3.91. The van der Waals surface area contributed by atoms with E-state index in [0.29, 0.717) is 26.3 Å². The molecule has 4 aromatic rings. The monoisotopic (exact) mass is 683 g/mol. The molecule has 0 aliphatic carbocycles. The van der Waals surface area contributed by atoms with Gasteiger partial charge in [-0.1, -0.05) is 64.2 Å². The van der Waals surface area contributed by atoms with Gasteiger partial charge in [-0.3, -0.25) is 14.4 Å². The maximum absolute atomic E-state index is 13.3. The molecule has 44 heavy (non-hydrogen) atoms. The molecule has 2 amide bonds. The van der Waals surface area contributed by atoms with Crippen LogP contribution in [-0.4, -0.2) is 40.4 Å². The Morgan fingerprint density at radius 3 is 2.36 bits per heavy atom. The maximum Gasteiger partial charge on any atom is 0.338 e. The van der Waals surface area contributed by atoms with Crippen LogP contribution in [0.15, 0.2) is 77.8 Å². The molecule has 1 saturated heterocycles. The summed E-state index contributed by atoms with van der Waals surface area (Å²) in [6.45, 7) is -0.547. The first-order valence-electron chi connectivity index (χ1n) is 12.7. The van der Waals surface area contributed by atoms with Gasteiger partial charge in [0, 0.05) is 22.6 Å². The van der Waals surface area contributed by atoms with Crippen molar-refractivity contribution in [1.29, 1.82) is 5.26 Å². The van der Waals surface area contributed by atoms with E-state index >= 15 is 0 Å². The standard InChI is InChI=1S/C31H17Cl4N3O5S/c32-19-5-8-21(23(34)12-19)26(39)15-43-31(42)16-1-6-20(7-2-16)38-28(40)13-27(30(38)41)44-29-18(14-36)4-10-25(37-29)17-3-9-22(33)24(35)11-17/h1-12,27H,13,15H2. The van der Waals surface area contributed by atoms with Gasteiger partial charge in [0.1, 0.15) is 11.1 Å². The van der Waals surface area contributed by atoms with Crippen LogP contribution in [0.3, 0.4) is 0 Å². The number of hydrogen-bond acceptors (Lipinski definition) is 8. The van der Waals surface area contributed by atoms with E-state index in [1.807, 2.05) is 0 Å². The van der Waals surface area contributed by atoms with E-state index in [2.05, 4.69) is 11.1 Å². The third kappa shape index (κ3) is 6.75. The molecule has 3 aromatic carbocycles. The van der Waals surface area contributed by atoms with E-state index in [-0.39, 0.29) is 38.8 Å². The number of carbonyl (C=O) groups is 4. The van der Waals surface area contributed by atoms with Gasteiger partial charge in [-0.25, -0.2) is 14.7 Å². The number of benzene rings is 3. The molecular weight excluding hydrogens is 668 g/mol. The number of carbonyl (C=O) groups excluding carboxylic acids is 4. The van der Waals surface area contributed by atoms with E-state index in [0.717, 1.165) is 16.7 Å². The number of hydrogen-bond donors (Lipinski definition) is 0. The number of nitrogens with zero attached hydrogens (tertiary/aromatic N) is 3. The second-order valence-electron chi connectivity index (χ2n) is 9.34. The SMILES string of the molecule is N#Cc1ccc(-c2ccc(Cl)c(Cl)c2)nc1SC1CC(=O)N(c2ccc(C(=O)OCC(=O)c3ccc(Cl)cc3Cl)cc2)C1=O. The number of ketones is 1. The van der Waals surface area contributed by atoms with Gasteiger partial charge < -0.3 is 4.74 Å². The summed E-state index contributed by atoms with van der Waals surface area (Å²) in [6, 6.07) is 20.3. The lowest BCUT2D eigenvalue weighted by Crippen LogP contribution is -2.31. The zero-order chi connectivity index (χ0) is 31.5. The van der Waals surface area contributed by atoms with Crippen molar-refractivity contribution in [2.75, 3.05) is 11.5 Å². The van der Waals surface area contributed by atoms with Gasteiger partial charge in [0.2, 0.25) is 17.6 Å². The third-order valence-electron chi connectivity index (χ3n) is 6.48. The normalized spacial score (nSPS) is 14.4. The molecule has 1 aliphatic rings. The van der Waals surface area contributed by atoms with Gasteiger partial charge >= 0.3 is 5.97 Å². The fraction of sp³-hybridized carbons (Fsp3) is 0.0968. The zero-order valence-corrected chi connectivity index (χ0v) is 26.1. The average molecular weight is 685 g/mol. The van der Waals surface area contributed by atoms with Crippen molar-refractivity contribution in [3.8, 4) is 17.3 Å². The van der Waals surface area contributed by atoms with Crippen LogP contribution >= 0.6 is 58.2 Å². The smallest absolute Gasteiger partial charge is 0.338 e. The highest BCUT2D eigenvalue weighted by Gasteiger charge is 2.41. The van der Waals surface area contributed by atoms with Crippen molar-refractivity contribution in [2.45, 2.75) is 16.7 Å². The lowest BCUT2D eigenvalue weighted by molar-refractivity contribution is -0.121. The number of pyridine rings is 1. The van der Waals surface area contributed by atoms with Crippen LogP contribution in [0.25, 0.3) is 11.3 Å². The molecule has 0 spiro atoms. The predicted octanol–water partition coefficient (Wildman–Crippen LogP) is 7.70. The summed E-state index contributed by atoms with van der Waals surface area (Å²) in [5, 5.41) is 10.3. The van der Waals surface area contributed by atoms with Crippen molar-refractivity contribution in [1.82, 2.24) is 4.98 Å². The molecule has 1 fully saturated rings. The fourth-order valence-corrected chi connectivity index (χ4v) is 6.19. The van der Waals surface area contributed by atoms with Gasteiger partial charge in [-0.15, -0.1) is 0 Å². The zero-order valence-electron chi connectivity index (χ0n) is 22.2. The molecule has 1 aliphatic heterocycles. The molecule has 0 N–H and O–H groups in total. The molecule has 0 bridgehead atoms. The van der Waals surface area contributed by atoms with Crippen LogP contribution in [0.1, 0.15) is 32.7 Å². The molecule has 1 atom stereocenters. The number of thioether (sulfide) groups is 1. The second kappa shape index (κ2) is 13.4. The number of anilines is 1. The highest BCUT2D eigenvalue weighted by atomic mass is 35.5. The molecular formula is C31H17Cl4N3O5S. The summed E-state index contributed by atoms with van der Waals surface area (Å²) in [4.78, 5) is 56.8. The summed E-state index contributed by atoms with van der Waals surface area (Å²) in [6.07, 6.45) is -0.119. The minimum atomic E-state index is -0.832. The Bertz CT molecular complexity index is 1880. The number of nitriles is 1. The van der Waals surface area contributed by atoms with Gasteiger partial charge in [0.25, 0.3) is 0 Å². The van der Waals surface area contributed by atoms with Crippen LogP contribution in [0, 0.1) is 11.3 Å². The lowest BCUT2D eigenvalue weighted by Gasteiger charge is -2.15. The molecule has 1 aromatic heterocycles. The van der Waals surface area contributed by atoms with Crippen molar-refractivity contribution in [3.05, 3.63) is 110 Å². The van der Waals surface area contributed by atoms with Crippen molar-refractivity contribution >= 4 is 87.4 Å². The summed E-state index contributed by atoms with van der Waals surface area (Å²) in [7, 11) is 0. The fourth-order valence-electron chi connectivity index (χ4n) is 4.29. The summed E-state index contributed by atoms with van der Waals surface area (Å²) >= 11 is 25.1. The topological polar surface area (TPSA) is 117 Å². The highest BCUT2D eigenvalue weighted by molar-refractivity contribution is 8.00. The van der Waals surface area contributed by atoms with E-state index in [1.54, 1.807) is 30.3 Å². The molecule has 13 heteroatoms. The average Bonchev–Trinajstić information content (AvgIpc) is 3.29. The summed E-state index contributed by atoms with van der Waals surface area (Å²) in [5.41, 5.74) is 1.95. The van der Waals surface area contributed by atoms with Crippen LogP contribution in [0.2, 0.25) is 20.1 Å². The first-order valence-corrected chi connectivity index (χ1v) is 15.1. The molecule has 2 heterocycles. The van der Waals surface area contributed by atoms with Gasteiger partial charge in [-0.2, -0.15) is 5.26 Å². The minimum Gasteiger partial charge on any atom is -0.454 e. The Balaban J connectivity index is 1.26. The summed E-state index contributed by atoms with van der Waals surface area (Å²) in [5.74, 6) is -2.23. The van der Waals surface area contributed by atoms with Crippen LogP contribution in [0.5, 0.6) is 0 Å². The van der Waals surface area contributed by atoms with E-state index in [4.69, 9.17) is 51.1 Å².